The van der Waals surface area contributed by atoms with Crippen molar-refractivity contribution in [3.63, 3.8) is 0 Å². The molecule has 4 heteroatoms. The molecule has 0 spiro atoms. The van der Waals surface area contributed by atoms with E-state index in [-0.39, 0.29) is 0 Å². The zero-order chi connectivity index (χ0) is 12.5. The van der Waals surface area contributed by atoms with E-state index in [1.807, 2.05) is 19.4 Å². The van der Waals surface area contributed by atoms with Gasteiger partial charge in [0, 0.05) is 44.6 Å². The maximum absolute atomic E-state index is 5.52. The Balaban J connectivity index is 2.35. The van der Waals surface area contributed by atoms with Gasteiger partial charge < -0.3 is 14.6 Å². The molecule has 0 radical (unpaired) electrons. The average molecular weight is 239 g/mol. The van der Waals surface area contributed by atoms with E-state index in [0.29, 0.717) is 6.04 Å². The molecule has 4 nitrogen and oxygen atoms in total. The molecule has 1 rings (SSSR count). The molecule has 98 valence electrons. The van der Waals surface area contributed by atoms with Crippen molar-refractivity contribution in [3.8, 4) is 0 Å². The lowest BCUT2D eigenvalue weighted by atomic mass is 10.1. The van der Waals surface area contributed by atoms with Crippen LogP contribution in [0.25, 0.3) is 0 Å². The zero-order valence-corrected chi connectivity index (χ0v) is 11.3. The molecule has 0 aromatic carbocycles. The van der Waals surface area contributed by atoms with Crippen molar-refractivity contribution >= 4 is 0 Å². The predicted molar refractivity (Wildman–Crippen MR) is 70.2 cm³/mol. The van der Waals surface area contributed by atoms with E-state index in [1.54, 1.807) is 0 Å². The minimum atomic E-state index is 0.444. The molecule has 1 atom stereocenters. The van der Waals surface area contributed by atoms with Crippen LogP contribution >= 0.6 is 0 Å². The Hall–Kier alpha value is -0.870. The largest absolute Gasteiger partial charge is 0.381 e. The summed E-state index contributed by atoms with van der Waals surface area (Å²) in [5, 5.41) is 3.34. The highest BCUT2D eigenvalue weighted by Crippen LogP contribution is 2.05. The molecule has 0 aliphatic heterocycles. The van der Waals surface area contributed by atoms with Gasteiger partial charge in [-0.1, -0.05) is 6.92 Å². The number of ether oxygens (including phenoxy) is 1. The predicted octanol–water partition coefficient (Wildman–Crippen LogP) is 1.85. The Bertz CT molecular complexity index is 299. The van der Waals surface area contributed by atoms with Gasteiger partial charge in [0.1, 0.15) is 5.82 Å². The van der Waals surface area contributed by atoms with Crippen LogP contribution in [-0.4, -0.2) is 35.9 Å². The lowest BCUT2D eigenvalue weighted by Crippen LogP contribution is -2.30. The van der Waals surface area contributed by atoms with Crippen LogP contribution in [0, 0.1) is 0 Å². The number of nitrogens with one attached hydrogen (secondary N) is 1. The van der Waals surface area contributed by atoms with Crippen LogP contribution in [-0.2, 0) is 17.7 Å². The number of rotatable bonds is 9. The highest BCUT2D eigenvalue weighted by atomic mass is 16.5. The van der Waals surface area contributed by atoms with Crippen molar-refractivity contribution in [2.24, 2.45) is 0 Å². The van der Waals surface area contributed by atoms with E-state index >= 15 is 0 Å². The van der Waals surface area contributed by atoms with Gasteiger partial charge in [0.25, 0.3) is 0 Å². The van der Waals surface area contributed by atoms with E-state index < -0.39 is 0 Å². The molecule has 0 bridgehead atoms. The first-order valence-electron chi connectivity index (χ1n) is 6.56. The minimum absolute atomic E-state index is 0.444. The molecule has 1 aromatic rings. The van der Waals surface area contributed by atoms with E-state index in [9.17, 15) is 0 Å². The second-order valence-electron chi connectivity index (χ2n) is 4.22. The Morgan fingerprint density at radius 2 is 2.24 bits per heavy atom. The first kappa shape index (κ1) is 14.2. The number of nitrogens with zero attached hydrogens (tertiary/aromatic N) is 2. The minimum Gasteiger partial charge on any atom is -0.381 e. The van der Waals surface area contributed by atoms with Gasteiger partial charge in [-0.25, -0.2) is 4.98 Å². The Kier molecular flexibility index (Phi) is 6.89. The van der Waals surface area contributed by atoms with Crippen LogP contribution < -0.4 is 5.32 Å². The van der Waals surface area contributed by atoms with Crippen LogP contribution in [0.5, 0.6) is 0 Å². The van der Waals surface area contributed by atoms with E-state index in [1.165, 1.54) is 0 Å². The molecule has 1 N–H and O–H groups in total. The topological polar surface area (TPSA) is 39.1 Å². The lowest BCUT2D eigenvalue weighted by molar-refractivity contribution is 0.125. The third kappa shape index (κ3) is 4.88. The summed E-state index contributed by atoms with van der Waals surface area (Å²) in [6.45, 7) is 6.95. The molecule has 0 saturated carbocycles. The standard InChI is InChI=1S/C13H25N3O/c1-4-9-17-10-6-12(14-3)11-13-15-7-8-16(13)5-2/h7-8,12,14H,4-6,9-11H2,1-3H3. The molecular formula is C13H25N3O. The summed E-state index contributed by atoms with van der Waals surface area (Å²) in [6, 6.07) is 0.444. The Morgan fingerprint density at radius 3 is 2.88 bits per heavy atom. The molecule has 1 heterocycles. The number of imidazole rings is 1. The molecule has 0 amide bonds. The number of hydrogen-bond acceptors (Lipinski definition) is 3. The van der Waals surface area contributed by atoms with Gasteiger partial charge in [-0.05, 0) is 26.8 Å². The quantitative estimate of drug-likeness (QED) is 0.668. The fraction of sp³-hybridized carbons (Fsp3) is 0.769. The third-order valence-corrected chi connectivity index (χ3v) is 2.94. The van der Waals surface area contributed by atoms with Crippen molar-refractivity contribution in [1.29, 1.82) is 0 Å². The van der Waals surface area contributed by atoms with Crippen molar-refractivity contribution in [2.45, 2.75) is 45.7 Å². The van der Waals surface area contributed by atoms with Crippen molar-refractivity contribution in [2.75, 3.05) is 20.3 Å². The molecule has 0 fully saturated rings. The van der Waals surface area contributed by atoms with Gasteiger partial charge in [-0.3, -0.25) is 0 Å². The molecule has 0 saturated heterocycles. The zero-order valence-electron chi connectivity index (χ0n) is 11.3. The van der Waals surface area contributed by atoms with Gasteiger partial charge in [0.15, 0.2) is 0 Å². The molecule has 0 aliphatic carbocycles. The lowest BCUT2D eigenvalue weighted by Gasteiger charge is -2.16. The second-order valence-corrected chi connectivity index (χ2v) is 4.22. The van der Waals surface area contributed by atoms with Gasteiger partial charge in [-0.15, -0.1) is 0 Å². The summed E-state index contributed by atoms with van der Waals surface area (Å²) in [6.07, 6.45) is 7.00. The molecule has 17 heavy (non-hydrogen) atoms. The van der Waals surface area contributed by atoms with Crippen molar-refractivity contribution < 1.29 is 4.74 Å². The maximum atomic E-state index is 5.52. The smallest absolute Gasteiger partial charge is 0.110 e. The number of aromatic nitrogens is 2. The van der Waals surface area contributed by atoms with Gasteiger partial charge in [0.2, 0.25) is 0 Å². The maximum Gasteiger partial charge on any atom is 0.110 e. The summed E-state index contributed by atoms with van der Waals surface area (Å²) < 4.78 is 7.72. The average Bonchev–Trinajstić information content (AvgIpc) is 2.80. The van der Waals surface area contributed by atoms with Gasteiger partial charge >= 0.3 is 0 Å². The number of hydrogen-bond donors (Lipinski definition) is 1. The normalized spacial score (nSPS) is 12.9. The summed E-state index contributed by atoms with van der Waals surface area (Å²) >= 11 is 0. The van der Waals surface area contributed by atoms with Gasteiger partial charge in [-0.2, -0.15) is 0 Å². The molecule has 1 aromatic heterocycles. The fourth-order valence-electron chi connectivity index (χ4n) is 1.86. The fourth-order valence-corrected chi connectivity index (χ4v) is 1.86. The highest BCUT2D eigenvalue weighted by molar-refractivity contribution is 4.95. The molecular weight excluding hydrogens is 214 g/mol. The van der Waals surface area contributed by atoms with Crippen LogP contribution in [0.1, 0.15) is 32.5 Å². The molecule has 1 unspecified atom stereocenters. The van der Waals surface area contributed by atoms with Crippen LogP contribution in [0.4, 0.5) is 0 Å². The summed E-state index contributed by atoms with van der Waals surface area (Å²) in [7, 11) is 2.00. The molecule has 0 aliphatic rings. The van der Waals surface area contributed by atoms with Crippen LogP contribution in [0.3, 0.4) is 0 Å². The Morgan fingerprint density at radius 1 is 1.41 bits per heavy atom. The van der Waals surface area contributed by atoms with E-state index in [4.69, 9.17) is 4.74 Å². The number of likely N-dealkylation sites (N-methyl/N-ethyl adjacent to an activating group) is 1. The summed E-state index contributed by atoms with van der Waals surface area (Å²) in [4.78, 5) is 4.40. The van der Waals surface area contributed by atoms with E-state index in [0.717, 1.165) is 44.8 Å². The van der Waals surface area contributed by atoms with Crippen molar-refractivity contribution in [1.82, 2.24) is 14.9 Å². The first-order chi connectivity index (χ1) is 8.31. The van der Waals surface area contributed by atoms with Gasteiger partial charge in [0.05, 0.1) is 0 Å². The summed E-state index contributed by atoms with van der Waals surface area (Å²) in [5.41, 5.74) is 0. The summed E-state index contributed by atoms with van der Waals surface area (Å²) in [5.74, 6) is 1.15. The Labute approximate surface area is 104 Å². The SMILES string of the molecule is CCCOCCC(Cc1nccn1CC)NC. The number of aryl methyl sites for hydroxylation is 1. The third-order valence-electron chi connectivity index (χ3n) is 2.94. The second kappa shape index (κ2) is 8.25. The monoisotopic (exact) mass is 239 g/mol. The van der Waals surface area contributed by atoms with Crippen LogP contribution in [0.2, 0.25) is 0 Å². The van der Waals surface area contributed by atoms with Crippen LogP contribution in [0.15, 0.2) is 12.4 Å². The first-order valence-corrected chi connectivity index (χ1v) is 6.56. The van der Waals surface area contributed by atoms with Crippen molar-refractivity contribution in [3.05, 3.63) is 18.2 Å². The van der Waals surface area contributed by atoms with E-state index in [2.05, 4.69) is 28.7 Å². The highest BCUT2D eigenvalue weighted by Gasteiger charge is 2.10.